The van der Waals surface area contributed by atoms with E-state index in [1.165, 1.54) is 0 Å². The molecule has 5 nitrogen and oxygen atoms in total. The summed E-state index contributed by atoms with van der Waals surface area (Å²) in [5.74, 6) is 0.263. The topological polar surface area (TPSA) is 84.4 Å². The van der Waals surface area contributed by atoms with E-state index in [2.05, 4.69) is 10.2 Å². The molecule has 1 aliphatic rings. The molecule has 6 heteroatoms. The minimum absolute atomic E-state index is 0. The molecule has 1 fully saturated rings. The molecule has 5 N–H and O–H groups in total. The fourth-order valence-corrected chi connectivity index (χ4v) is 1.99. The molecule has 0 saturated carbocycles. The summed E-state index contributed by atoms with van der Waals surface area (Å²) in [5, 5.41) is 2.84. The van der Waals surface area contributed by atoms with E-state index in [0.717, 1.165) is 32.5 Å². The molecule has 1 rings (SSSR count). The van der Waals surface area contributed by atoms with Gasteiger partial charge in [0, 0.05) is 32.7 Å². The first-order chi connectivity index (χ1) is 7.27. The van der Waals surface area contributed by atoms with Crippen molar-refractivity contribution < 1.29 is 4.79 Å². The van der Waals surface area contributed by atoms with Crippen molar-refractivity contribution in [3.8, 4) is 0 Å². The van der Waals surface area contributed by atoms with Gasteiger partial charge in [0.2, 0.25) is 5.91 Å². The maximum Gasteiger partial charge on any atom is 0.224 e. The Morgan fingerprint density at radius 1 is 1.38 bits per heavy atom. The number of piperidine rings is 1. The predicted molar refractivity (Wildman–Crippen MR) is 67.5 cm³/mol. The van der Waals surface area contributed by atoms with Crippen LogP contribution in [0.5, 0.6) is 0 Å². The highest BCUT2D eigenvalue weighted by molar-refractivity contribution is 5.85. The third kappa shape index (κ3) is 5.12. The molecule has 0 spiro atoms. The van der Waals surface area contributed by atoms with Crippen LogP contribution in [0, 0.1) is 5.92 Å². The summed E-state index contributed by atoms with van der Waals surface area (Å²) < 4.78 is 0. The average Bonchev–Trinajstić information content (AvgIpc) is 2.27. The predicted octanol–water partition coefficient (Wildman–Crippen LogP) is -0.846. The Labute approximate surface area is 103 Å². The van der Waals surface area contributed by atoms with Gasteiger partial charge in [-0.2, -0.15) is 0 Å². The van der Waals surface area contributed by atoms with E-state index in [-0.39, 0.29) is 24.2 Å². The SMILES string of the molecule is Cl.NCCNC(=O)C1CCCN(CCN)C1. The normalized spacial score (nSPS) is 21.2. The highest BCUT2D eigenvalue weighted by Crippen LogP contribution is 2.15. The monoisotopic (exact) mass is 250 g/mol. The highest BCUT2D eigenvalue weighted by Gasteiger charge is 2.24. The maximum atomic E-state index is 11.7. The van der Waals surface area contributed by atoms with Gasteiger partial charge in [-0.05, 0) is 19.4 Å². The van der Waals surface area contributed by atoms with Crippen LogP contribution in [0.2, 0.25) is 0 Å². The van der Waals surface area contributed by atoms with Crippen LogP contribution >= 0.6 is 12.4 Å². The molecule has 1 heterocycles. The number of hydrogen-bond acceptors (Lipinski definition) is 4. The maximum absolute atomic E-state index is 11.7. The van der Waals surface area contributed by atoms with Crippen LogP contribution in [-0.4, -0.2) is 50.1 Å². The zero-order valence-electron chi connectivity index (χ0n) is 9.65. The Kier molecular flexibility index (Phi) is 8.56. The molecule has 0 aliphatic carbocycles. The summed E-state index contributed by atoms with van der Waals surface area (Å²) in [6.45, 7) is 4.54. The summed E-state index contributed by atoms with van der Waals surface area (Å²) in [6.07, 6.45) is 2.07. The number of hydrogen-bond donors (Lipinski definition) is 3. The molecule has 0 aromatic rings. The second-order valence-electron chi connectivity index (χ2n) is 4.01. The number of carbonyl (C=O) groups excluding carboxylic acids is 1. The summed E-state index contributed by atoms with van der Waals surface area (Å²) in [6, 6.07) is 0. The molecule has 16 heavy (non-hydrogen) atoms. The zero-order chi connectivity index (χ0) is 11.1. The van der Waals surface area contributed by atoms with Crippen molar-refractivity contribution in [1.82, 2.24) is 10.2 Å². The fraction of sp³-hybridized carbons (Fsp3) is 0.900. The van der Waals surface area contributed by atoms with Gasteiger partial charge < -0.3 is 21.7 Å². The number of carbonyl (C=O) groups is 1. The van der Waals surface area contributed by atoms with E-state index >= 15 is 0 Å². The van der Waals surface area contributed by atoms with Gasteiger partial charge in [-0.3, -0.25) is 4.79 Å². The first kappa shape index (κ1) is 15.6. The smallest absolute Gasteiger partial charge is 0.224 e. The van der Waals surface area contributed by atoms with Gasteiger partial charge in [-0.25, -0.2) is 0 Å². The number of likely N-dealkylation sites (tertiary alicyclic amines) is 1. The largest absolute Gasteiger partial charge is 0.355 e. The molecule has 0 bridgehead atoms. The number of rotatable bonds is 5. The van der Waals surface area contributed by atoms with Crippen LogP contribution in [-0.2, 0) is 4.79 Å². The van der Waals surface area contributed by atoms with Crippen molar-refractivity contribution in [3.63, 3.8) is 0 Å². The lowest BCUT2D eigenvalue weighted by Gasteiger charge is -2.31. The van der Waals surface area contributed by atoms with Crippen molar-refractivity contribution >= 4 is 18.3 Å². The number of nitrogens with zero attached hydrogens (tertiary/aromatic N) is 1. The Morgan fingerprint density at radius 2 is 2.12 bits per heavy atom. The number of nitrogens with two attached hydrogens (primary N) is 2. The Balaban J connectivity index is 0.00000225. The number of halogens is 1. The molecule has 1 saturated heterocycles. The number of nitrogens with one attached hydrogen (secondary N) is 1. The third-order valence-electron chi connectivity index (χ3n) is 2.77. The van der Waals surface area contributed by atoms with E-state index in [1.807, 2.05) is 0 Å². The van der Waals surface area contributed by atoms with Gasteiger partial charge in [0.05, 0.1) is 5.92 Å². The molecule has 1 unspecified atom stereocenters. The second kappa shape index (κ2) is 8.75. The van der Waals surface area contributed by atoms with E-state index in [1.54, 1.807) is 0 Å². The average molecular weight is 251 g/mol. The highest BCUT2D eigenvalue weighted by atomic mass is 35.5. The van der Waals surface area contributed by atoms with Gasteiger partial charge in [-0.15, -0.1) is 12.4 Å². The molecule has 1 atom stereocenters. The molecule has 1 amide bonds. The summed E-state index contributed by atoms with van der Waals surface area (Å²) >= 11 is 0. The van der Waals surface area contributed by atoms with Crippen molar-refractivity contribution in [3.05, 3.63) is 0 Å². The van der Waals surface area contributed by atoms with Gasteiger partial charge in [0.1, 0.15) is 0 Å². The minimum atomic E-state index is 0. The van der Waals surface area contributed by atoms with E-state index in [4.69, 9.17) is 11.5 Å². The van der Waals surface area contributed by atoms with Crippen LogP contribution in [0.3, 0.4) is 0 Å². The fourth-order valence-electron chi connectivity index (χ4n) is 1.99. The number of amides is 1. The van der Waals surface area contributed by atoms with Crippen LogP contribution < -0.4 is 16.8 Å². The van der Waals surface area contributed by atoms with E-state index in [9.17, 15) is 4.79 Å². The lowest BCUT2D eigenvalue weighted by atomic mass is 9.97. The Bertz CT molecular complexity index is 201. The van der Waals surface area contributed by atoms with Crippen molar-refractivity contribution in [2.75, 3.05) is 39.3 Å². The Hall–Kier alpha value is -0.360. The van der Waals surface area contributed by atoms with Crippen LogP contribution in [0.25, 0.3) is 0 Å². The molecule has 96 valence electrons. The van der Waals surface area contributed by atoms with E-state index < -0.39 is 0 Å². The standard InChI is InChI=1S/C10H22N4O.ClH/c11-3-5-13-10(15)9-2-1-6-14(8-9)7-4-12;/h9H,1-8,11-12H2,(H,13,15);1H. The summed E-state index contributed by atoms with van der Waals surface area (Å²) in [4.78, 5) is 13.9. The molecule has 0 aromatic heterocycles. The first-order valence-electron chi connectivity index (χ1n) is 5.68. The van der Waals surface area contributed by atoms with Crippen molar-refractivity contribution in [1.29, 1.82) is 0 Å². The molecule has 0 radical (unpaired) electrons. The van der Waals surface area contributed by atoms with Crippen LogP contribution in [0.1, 0.15) is 12.8 Å². The summed E-state index contributed by atoms with van der Waals surface area (Å²) in [5.41, 5.74) is 10.8. The Morgan fingerprint density at radius 3 is 2.75 bits per heavy atom. The quantitative estimate of drug-likeness (QED) is 0.594. The molecule has 0 aromatic carbocycles. The van der Waals surface area contributed by atoms with Gasteiger partial charge in [0.25, 0.3) is 0 Å². The van der Waals surface area contributed by atoms with Gasteiger partial charge in [0.15, 0.2) is 0 Å². The van der Waals surface area contributed by atoms with Crippen LogP contribution in [0.15, 0.2) is 0 Å². The van der Waals surface area contributed by atoms with Gasteiger partial charge >= 0.3 is 0 Å². The van der Waals surface area contributed by atoms with Crippen LogP contribution in [0.4, 0.5) is 0 Å². The van der Waals surface area contributed by atoms with Crippen molar-refractivity contribution in [2.24, 2.45) is 17.4 Å². The molecule has 1 aliphatic heterocycles. The zero-order valence-corrected chi connectivity index (χ0v) is 10.5. The van der Waals surface area contributed by atoms with Gasteiger partial charge in [-0.1, -0.05) is 0 Å². The first-order valence-corrected chi connectivity index (χ1v) is 5.68. The minimum Gasteiger partial charge on any atom is -0.355 e. The third-order valence-corrected chi connectivity index (χ3v) is 2.77. The summed E-state index contributed by atoms with van der Waals surface area (Å²) in [7, 11) is 0. The second-order valence-corrected chi connectivity index (χ2v) is 4.01. The molecular weight excluding hydrogens is 228 g/mol. The van der Waals surface area contributed by atoms with E-state index in [0.29, 0.717) is 19.6 Å². The lowest BCUT2D eigenvalue weighted by molar-refractivity contribution is -0.126. The molecular formula is C10H23ClN4O. The van der Waals surface area contributed by atoms with Crippen molar-refractivity contribution in [2.45, 2.75) is 12.8 Å². The lowest BCUT2D eigenvalue weighted by Crippen LogP contribution is -2.45.